The first kappa shape index (κ1) is 16.7. The van der Waals surface area contributed by atoms with Gasteiger partial charge in [-0.05, 0) is 33.4 Å². The zero-order valence-corrected chi connectivity index (χ0v) is 14.7. The zero-order valence-electron chi connectivity index (χ0n) is 14.7. The molecule has 1 aromatic heterocycles. The fourth-order valence-corrected chi connectivity index (χ4v) is 2.95. The Morgan fingerprint density at radius 1 is 1.04 bits per heavy atom. The molecule has 5 heteroatoms. The molecule has 128 valence electrons. The molecular weight excluding hydrogens is 298 g/mol. The Morgan fingerprint density at radius 3 is 2.50 bits per heavy atom. The second-order valence-corrected chi connectivity index (χ2v) is 6.58. The summed E-state index contributed by atoms with van der Waals surface area (Å²) in [5.74, 6) is 1.76. The van der Waals surface area contributed by atoms with Crippen LogP contribution in [0.5, 0.6) is 0 Å². The summed E-state index contributed by atoms with van der Waals surface area (Å²) in [6, 6.07) is 12.5. The molecule has 0 saturated carbocycles. The van der Waals surface area contributed by atoms with Crippen LogP contribution in [0.25, 0.3) is 11.3 Å². The van der Waals surface area contributed by atoms with Gasteiger partial charge in [0.25, 0.3) is 0 Å². The van der Waals surface area contributed by atoms with Gasteiger partial charge in [0.15, 0.2) is 0 Å². The summed E-state index contributed by atoms with van der Waals surface area (Å²) in [6.45, 7) is 3.97. The second-order valence-electron chi connectivity index (χ2n) is 6.58. The molecule has 5 nitrogen and oxygen atoms in total. The molecule has 0 bridgehead atoms. The Bertz CT molecular complexity index is 635. The number of likely N-dealkylation sites (N-methyl/N-ethyl adjacent to an activating group) is 1. The van der Waals surface area contributed by atoms with Crippen molar-refractivity contribution in [2.75, 3.05) is 50.5 Å². The number of aromatic nitrogens is 2. The molecule has 3 rings (SSSR count). The van der Waals surface area contributed by atoms with Crippen molar-refractivity contribution in [3.8, 4) is 11.3 Å². The van der Waals surface area contributed by atoms with Crippen LogP contribution >= 0.6 is 0 Å². The SMILES string of the molecule is CN(C)CCNc1nc(-c2ccccc2)cc(N2CCCCC2)n1. The predicted octanol–water partition coefficient (Wildman–Crippen LogP) is 3.11. The molecule has 0 atom stereocenters. The van der Waals surface area contributed by atoms with E-state index in [2.05, 4.69) is 59.5 Å². The van der Waals surface area contributed by atoms with Gasteiger partial charge in [-0.1, -0.05) is 30.3 Å². The highest BCUT2D eigenvalue weighted by Crippen LogP contribution is 2.25. The molecule has 0 spiro atoms. The van der Waals surface area contributed by atoms with Crippen molar-refractivity contribution in [3.05, 3.63) is 36.4 Å². The van der Waals surface area contributed by atoms with E-state index in [-0.39, 0.29) is 0 Å². The summed E-state index contributed by atoms with van der Waals surface area (Å²) in [4.78, 5) is 14.0. The van der Waals surface area contributed by atoms with Gasteiger partial charge in [0.2, 0.25) is 5.95 Å². The summed E-state index contributed by atoms with van der Waals surface area (Å²) in [5, 5.41) is 3.38. The minimum atomic E-state index is 0.721. The molecule has 1 fully saturated rings. The zero-order chi connectivity index (χ0) is 16.8. The third-order valence-corrected chi connectivity index (χ3v) is 4.30. The molecule has 2 heterocycles. The van der Waals surface area contributed by atoms with E-state index in [1.165, 1.54) is 19.3 Å². The smallest absolute Gasteiger partial charge is 0.225 e. The number of hydrogen-bond acceptors (Lipinski definition) is 5. The molecule has 2 aromatic rings. The minimum absolute atomic E-state index is 0.721. The van der Waals surface area contributed by atoms with Crippen LogP contribution < -0.4 is 10.2 Å². The van der Waals surface area contributed by atoms with Gasteiger partial charge < -0.3 is 15.1 Å². The van der Waals surface area contributed by atoms with E-state index in [0.717, 1.165) is 49.2 Å². The van der Waals surface area contributed by atoms with Crippen molar-refractivity contribution < 1.29 is 0 Å². The lowest BCUT2D eigenvalue weighted by Crippen LogP contribution is -2.30. The highest BCUT2D eigenvalue weighted by molar-refractivity contribution is 5.64. The summed E-state index contributed by atoms with van der Waals surface area (Å²) in [5.41, 5.74) is 2.12. The Kier molecular flexibility index (Phi) is 5.64. The van der Waals surface area contributed by atoms with Gasteiger partial charge in [0, 0.05) is 37.8 Å². The van der Waals surface area contributed by atoms with E-state index in [4.69, 9.17) is 9.97 Å². The quantitative estimate of drug-likeness (QED) is 0.884. The van der Waals surface area contributed by atoms with Crippen molar-refractivity contribution in [2.24, 2.45) is 0 Å². The Balaban J connectivity index is 1.86. The van der Waals surface area contributed by atoms with Crippen LogP contribution in [0, 0.1) is 0 Å². The minimum Gasteiger partial charge on any atom is -0.356 e. The van der Waals surface area contributed by atoms with Crippen molar-refractivity contribution >= 4 is 11.8 Å². The normalized spacial score (nSPS) is 14.9. The first-order valence-electron chi connectivity index (χ1n) is 8.80. The van der Waals surface area contributed by atoms with Crippen LogP contribution in [-0.2, 0) is 0 Å². The molecule has 0 radical (unpaired) electrons. The van der Waals surface area contributed by atoms with Crippen molar-refractivity contribution in [1.29, 1.82) is 0 Å². The number of hydrogen-bond donors (Lipinski definition) is 1. The number of piperidine rings is 1. The van der Waals surface area contributed by atoms with E-state index in [1.807, 2.05) is 6.07 Å². The lowest BCUT2D eigenvalue weighted by Gasteiger charge is -2.28. The van der Waals surface area contributed by atoms with Gasteiger partial charge in [-0.15, -0.1) is 0 Å². The first-order valence-corrected chi connectivity index (χ1v) is 8.80. The standard InChI is InChI=1S/C19H27N5/c1-23(2)14-11-20-19-21-17(16-9-5-3-6-10-16)15-18(22-19)24-12-7-4-8-13-24/h3,5-6,9-10,15H,4,7-8,11-14H2,1-2H3,(H,20,21,22). The average molecular weight is 325 g/mol. The maximum atomic E-state index is 4.76. The third kappa shape index (κ3) is 4.45. The third-order valence-electron chi connectivity index (χ3n) is 4.30. The summed E-state index contributed by atoms with van der Waals surface area (Å²) in [6.07, 6.45) is 3.81. The first-order chi connectivity index (χ1) is 11.7. The molecule has 1 N–H and O–H groups in total. The predicted molar refractivity (Wildman–Crippen MR) is 101 cm³/mol. The van der Waals surface area contributed by atoms with Crippen molar-refractivity contribution in [3.63, 3.8) is 0 Å². The van der Waals surface area contributed by atoms with Crippen LogP contribution in [0.15, 0.2) is 36.4 Å². The molecule has 1 saturated heterocycles. The molecule has 0 aliphatic carbocycles. The summed E-state index contributed by atoms with van der Waals surface area (Å²) < 4.78 is 0. The van der Waals surface area contributed by atoms with Gasteiger partial charge in [-0.25, -0.2) is 4.98 Å². The maximum absolute atomic E-state index is 4.76. The fraction of sp³-hybridized carbons (Fsp3) is 0.474. The molecule has 1 aliphatic rings. The average Bonchev–Trinajstić information content (AvgIpc) is 2.63. The molecule has 1 aromatic carbocycles. The fourth-order valence-electron chi connectivity index (χ4n) is 2.95. The Morgan fingerprint density at radius 2 is 1.79 bits per heavy atom. The molecule has 0 amide bonds. The maximum Gasteiger partial charge on any atom is 0.225 e. The van der Waals surface area contributed by atoms with E-state index in [1.54, 1.807) is 0 Å². The van der Waals surface area contributed by atoms with Gasteiger partial charge in [0.1, 0.15) is 5.82 Å². The van der Waals surface area contributed by atoms with Crippen LogP contribution in [0.4, 0.5) is 11.8 Å². The van der Waals surface area contributed by atoms with Gasteiger partial charge in [-0.3, -0.25) is 0 Å². The van der Waals surface area contributed by atoms with E-state index >= 15 is 0 Å². The van der Waals surface area contributed by atoms with Crippen LogP contribution in [-0.4, -0.2) is 55.1 Å². The molecular formula is C19H27N5. The number of nitrogens with zero attached hydrogens (tertiary/aromatic N) is 4. The Labute approximate surface area is 144 Å². The van der Waals surface area contributed by atoms with Crippen LogP contribution in [0.2, 0.25) is 0 Å². The molecule has 0 unspecified atom stereocenters. The number of nitrogens with one attached hydrogen (secondary N) is 1. The van der Waals surface area contributed by atoms with Gasteiger partial charge >= 0.3 is 0 Å². The highest BCUT2D eigenvalue weighted by Gasteiger charge is 2.15. The van der Waals surface area contributed by atoms with Crippen LogP contribution in [0.3, 0.4) is 0 Å². The topological polar surface area (TPSA) is 44.3 Å². The summed E-state index contributed by atoms with van der Waals surface area (Å²) in [7, 11) is 4.14. The lowest BCUT2D eigenvalue weighted by atomic mass is 10.1. The lowest BCUT2D eigenvalue weighted by molar-refractivity contribution is 0.425. The molecule has 24 heavy (non-hydrogen) atoms. The number of benzene rings is 1. The monoisotopic (exact) mass is 325 g/mol. The largest absolute Gasteiger partial charge is 0.356 e. The number of rotatable bonds is 6. The highest BCUT2D eigenvalue weighted by atomic mass is 15.2. The van der Waals surface area contributed by atoms with Crippen molar-refractivity contribution in [1.82, 2.24) is 14.9 Å². The number of anilines is 2. The van der Waals surface area contributed by atoms with Gasteiger partial charge in [0.05, 0.1) is 5.69 Å². The van der Waals surface area contributed by atoms with Crippen LogP contribution in [0.1, 0.15) is 19.3 Å². The van der Waals surface area contributed by atoms with Gasteiger partial charge in [-0.2, -0.15) is 4.98 Å². The van der Waals surface area contributed by atoms with E-state index in [9.17, 15) is 0 Å². The van der Waals surface area contributed by atoms with Crippen molar-refractivity contribution in [2.45, 2.75) is 19.3 Å². The second kappa shape index (κ2) is 8.11. The van der Waals surface area contributed by atoms with E-state index < -0.39 is 0 Å². The molecule has 1 aliphatic heterocycles. The summed E-state index contributed by atoms with van der Waals surface area (Å²) >= 11 is 0. The van der Waals surface area contributed by atoms with E-state index in [0.29, 0.717) is 0 Å². The Hall–Kier alpha value is -2.14.